The molecule has 0 spiro atoms. The Hall–Kier alpha value is -1.17. The highest BCUT2D eigenvalue weighted by molar-refractivity contribution is 9.10. The zero-order valence-electron chi connectivity index (χ0n) is 8.49. The molecule has 0 fully saturated rings. The average Bonchev–Trinajstić information content (AvgIpc) is 2.16. The summed E-state index contributed by atoms with van der Waals surface area (Å²) in [6, 6.07) is 0. The minimum absolute atomic E-state index is 0.160. The summed E-state index contributed by atoms with van der Waals surface area (Å²) in [5, 5.41) is 11.2. The lowest BCUT2D eigenvalue weighted by Crippen LogP contribution is -2.14. The van der Waals surface area contributed by atoms with E-state index in [2.05, 4.69) is 31.2 Å². The minimum atomic E-state index is -0.924. The van der Waals surface area contributed by atoms with Crippen LogP contribution in [0, 0.1) is 0 Å². The second-order valence-electron chi connectivity index (χ2n) is 3.33. The number of hydrogen-bond donors (Lipinski definition) is 2. The largest absolute Gasteiger partial charge is 0.480 e. The molecule has 1 rings (SSSR count). The van der Waals surface area contributed by atoms with Crippen LogP contribution < -0.4 is 5.32 Å². The van der Waals surface area contributed by atoms with Gasteiger partial charge >= 0.3 is 5.97 Å². The summed E-state index contributed by atoms with van der Waals surface area (Å²) >= 11 is 3.25. The van der Waals surface area contributed by atoms with Crippen LogP contribution in [0.1, 0.15) is 25.6 Å². The van der Waals surface area contributed by atoms with Crippen LogP contribution in [0.4, 0.5) is 5.82 Å². The molecule has 0 radical (unpaired) electrons. The second kappa shape index (κ2) is 5.06. The Morgan fingerprint density at radius 1 is 1.67 bits per heavy atom. The zero-order chi connectivity index (χ0) is 11.4. The molecule has 0 aliphatic rings. The van der Waals surface area contributed by atoms with Crippen LogP contribution in [0.15, 0.2) is 10.7 Å². The molecule has 5 nitrogen and oxygen atoms in total. The van der Waals surface area contributed by atoms with Gasteiger partial charge in [0.15, 0.2) is 0 Å². The summed E-state index contributed by atoms with van der Waals surface area (Å²) in [5.41, 5.74) is 0. The lowest BCUT2D eigenvalue weighted by atomic mass is 10.2. The molecule has 1 heterocycles. The van der Waals surface area contributed by atoms with Crippen molar-refractivity contribution >= 4 is 27.7 Å². The summed E-state index contributed by atoms with van der Waals surface area (Å²) < 4.78 is 0.660. The predicted octanol–water partition coefficient (Wildman–Crippen LogP) is 1.86. The monoisotopic (exact) mass is 273 g/mol. The van der Waals surface area contributed by atoms with Gasteiger partial charge in [0.25, 0.3) is 0 Å². The Morgan fingerprint density at radius 2 is 2.33 bits per heavy atom. The van der Waals surface area contributed by atoms with Crippen LogP contribution in [-0.4, -0.2) is 27.6 Å². The molecule has 0 aliphatic heterocycles. The number of halogens is 1. The van der Waals surface area contributed by atoms with E-state index >= 15 is 0 Å². The Bertz CT molecular complexity index is 368. The fraction of sp³-hybridized carbons (Fsp3) is 0.444. The third kappa shape index (κ3) is 3.47. The van der Waals surface area contributed by atoms with Gasteiger partial charge in [-0.3, -0.25) is 4.79 Å². The number of rotatable bonds is 4. The summed E-state index contributed by atoms with van der Waals surface area (Å²) in [6.45, 7) is 3.79. The Morgan fingerprint density at radius 3 is 2.87 bits per heavy atom. The molecule has 15 heavy (non-hydrogen) atoms. The zero-order valence-corrected chi connectivity index (χ0v) is 10.1. The van der Waals surface area contributed by atoms with E-state index in [0.29, 0.717) is 16.1 Å². The first-order valence-corrected chi connectivity index (χ1v) is 5.28. The van der Waals surface area contributed by atoms with Crippen molar-refractivity contribution in [2.75, 3.05) is 11.9 Å². The van der Waals surface area contributed by atoms with E-state index in [9.17, 15) is 4.79 Å². The number of carboxylic acid groups (broad SMARTS) is 1. The van der Waals surface area contributed by atoms with Crippen molar-refractivity contribution in [3.8, 4) is 0 Å². The van der Waals surface area contributed by atoms with Gasteiger partial charge in [0.2, 0.25) is 0 Å². The second-order valence-corrected chi connectivity index (χ2v) is 4.18. The summed E-state index contributed by atoms with van der Waals surface area (Å²) in [6.07, 6.45) is 1.62. The van der Waals surface area contributed by atoms with Gasteiger partial charge in [0, 0.05) is 12.1 Å². The molecule has 0 unspecified atom stereocenters. The predicted molar refractivity (Wildman–Crippen MR) is 59.9 cm³/mol. The molecule has 0 aliphatic carbocycles. The van der Waals surface area contributed by atoms with E-state index in [0.717, 1.165) is 0 Å². The topological polar surface area (TPSA) is 75.1 Å². The molecule has 0 aromatic carbocycles. The fourth-order valence-corrected chi connectivity index (χ4v) is 1.27. The van der Waals surface area contributed by atoms with Gasteiger partial charge in [-0.25, -0.2) is 9.97 Å². The maximum atomic E-state index is 10.4. The van der Waals surface area contributed by atoms with Gasteiger partial charge in [-0.2, -0.15) is 0 Å². The van der Waals surface area contributed by atoms with Crippen LogP contribution in [0.2, 0.25) is 0 Å². The van der Waals surface area contributed by atoms with Gasteiger partial charge < -0.3 is 10.4 Å². The van der Waals surface area contributed by atoms with Crippen LogP contribution in [0.3, 0.4) is 0 Å². The highest BCUT2D eigenvalue weighted by atomic mass is 79.9. The number of carbonyl (C=O) groups is 1. The lowest BCUT2D eigenvalue weighted by molar-refractivity contribution is -0.134. The molecular formula is C9H12BrN3O2. The summed E-state index contributed by atoms with van der Waals surface area (Å²) in [5.74, 6) is 0.484. The third-order valence-corrected chi connectivity index (χ3v) is 2.27. The first-order valence-electron chi connectivity index (χ1n) is 4.48. The number of anilines is 1. The first-order chi connectivity index (χ1) is 7.00. The lowest BCUT2D eigenvalue weighted by Gasteiger charge is -2.08. The van der Waals surface area contributed by atoms with E-state index in [4.69, 9.17) is 5.11 Å². The molecule has 0 saturated carbocycles. The summed E-state index contributed by atoms with van der Waals surface area (Å²) in [4.78, 5) is 18.7. The highest BCUT2D eigenvalue weighted by Crippen LogP contribution is 2.20. The molecule has 6 heteroatoms. The first kappa shape index (κ1) is 11.9. The minimum Gasteiger partial charge on any atom is -0.480 e. The van der Waals surface area contributed by atoms with Crippen molar-refractivity contribution in [2.45, 2.75) is 19.8 Å². The Kier molecular flexibility index (Phi) is 4.02. The number of nitrogens with zero attached hydrogens (tertiary/aromatic N) is 2. The molecule has 1 aromatic rings. The number of carboxylic acids is 1. The number of hydrogen-bond acceptors (Lipinski definition) is 4. The van der Waals surface area contributed by atoms with E-state index in [-0.39, 0.29) is 12.5 Å². The molecule has 0 atom stereocenters. The number of nitrogens with one attached hydrogen (secondary N) is 1. The van der Waals surface area contributed by atoms with E-state index in [1.807, 2.05) is 13.8 Å². The van der Waals surface area contributed by atoms with E-state index < -0.39 is 5.97 Å². The van der Waals surface area contributed by atoms with Crippen molar-refractivity contribution in [2.24, 2.45) is 0 Å². The number of aromatic nitrogens is 2. The van der Waals surface area contributed by atoms with E-state index in [1.165, 1.54) is 0 Å². The fourth-order valence-electron chi connectivity index (χ4n) is 0.942. The van der Waals surface area contributed by atoms with Crippen molar-refractivity contribution in [3.05, 3.63) is 16.5 Å². The van der Waals surface area contributed by atoms with Crippen LogP contribution in [0.5, 0.6) is 0 Å². The quantitative estimate of drug-likeness (QED) is 0.876. The smallest absolute Gasteiger partial charge is 0.322 e. The van der Waals surface area contributed by atoms with Crippen molar-refractivity contribution < 1.29 is 9.90 Å². The molecular weight excluding hydrogens is 262 g/mol. The molecule has 2 N–H and O–H groups in total. The van der Waals surface area contributed by atoms with Crippen molar-refractivity contribution in [1.29, 1.82) is 0 Å². The van der Waals surface area contributed by atoms with Crippen molar-refractivity contribution in [3.63, 3.8) is 0 Å². The third-order valence-electron chi connectivity index (χ3n) is 1.69. The normalized spacial score (nSPS) is 10.4. The summed E-state index contributed by atoms with van der Waals surface area (Å²) in [7, 11) is 0. The van der Waals surface area contributed by atoms with Gasteiger partial charge in [-0.05, 0) is 15.9 Å². The van der Waals surface area contributed by atoms with E-state index in [1.54, 1.807) is 6.20 Å². The highest BCUT2D eigenvalue weighted by Gasteiger charge is 2.08. The van der Waals surface area contributed by atoms with Gasteiger partial charge in [-0.1, -0.05) is 13.8 Å². The SMILES string of the molecule is CC(C)c1ncc(Br)c(NCC(=O)O)n1. The van der Waals surface area contributed by atoms with Crippen molar-refractivity contribution in [1.82, 2.24) is 9.97 Å². The molecule has 0 saturated heterocycles. The maximum absolute atomic E-state index is 10.4. The molecule has 82 valence electrons. The molecule has 1 aromatic heterocycles. The maximum Gasteiger partial charge on any atom is 0.322 e. The molecule has 0 amide bonds. The Balaban J connectivity index is 2.85. The van der Waals surface area contributed by atoms with Crippen LogP contribution in [-0.2, 0) is 4.79 Å². The molecule has 0 bridgehead atoms. The van der Waals surface area contributed by atoms with Gasteiger partial charge in [0.1, 0.15) is 18.2 Å². The van der Waals surface area contributed by atoms with Crippen LogP contribution >= 0.6 is 15.9 Å². The standard InChI is InChI=1S/C9H12BrN3O2/c1-5(2)8-11-3-6(10)9(13-8)12-4-7(14)15/h3,5H,4H2,1-2H3,(H,14,15)(H,11,12,13). The number of aliphatic carboxylic acids is 1. The van der Waals surface area contributed by atoms with Gasteiger partial charge in [0.05, 0.1) is 4.47 Å². The van der Waals surface area contributed by atoms with Gasteiger partial charge in [-0.15, -0.1) is 0 Å². The van der Waals surface area contributed by atoms with Crippen LogP contribution in [0.25, 0.3) is 0 Å². The average molecular weight is 274 g/mol. The Labute approximate surface area is 96.1 Å².